The van der Waals surface area contributed by atoms with Gasteiger partial charge < -0.3 is 0 Å². The van der Waals surface area contributed by atoms with Gasteiger partial charge >= 0.3 is 0 Å². The Bertz CT molecular complexity index is 331. The van der Waals surface area contributed by atoms with Crippen molar-refractivity contribution in [3.8, 4) is 0 Å². The predicted octanol–water partition coefficient (Wildman–Crippen LogP) is 2.41. The summed E-state index contributed by atoms with van der Waals surface area (Å²) in [6.07, 6.45) is 2.80. The number of fused-ring (bicyclic) bond motifs is 1. The second-order valence-electron chi connectivity index (χ2n) is 2.56. The molecule has 0 saturated heterocycles. The van der Waals surface area contributed by atoms with Crippen molar-refractivity contribution in [2.75, 3.05) is 0 Å². The molecule has 56 valence electrons. The summed E-state index contributed by atoms with van der Waals surface area (Å²) in [7, 11) is 0. The summed E-state index contributed by atoms with van der Waals surface area (Å²) in [4.78, 5) is 8.44. The first kappa shape index (κ1) is 6.98. The molecule has 0 aliphatic carbocycles. The molecule has 0 amide bonds. The highest BCUT2D eigenvalue weighted by Gasteiger charge is 2.11. The van der Waals surface area contributed by atoms with E-state index in [9.17, 15) is 0 Å². The molecule has 0 saturated carbocycles. The average Bonchev–Trinajstić information content (AvgIpc) is 2.34. The molecule has 3 heteroatoms. The Balaban J connectivity index is 2.66. The molecule has 0 aromatic carbocycles. The Morgan fingerprint density at radius 2 is 2.36 bits per heavy atom. The largest absolute Gasteiger partial charge is 0.241 e. The molecule has 0 fully saturated rings. The third kappa shape index (κ3) is 1.09. The summed E-state index contributed by atoms with van der Waals surface area (Å²) in [5.41, 5.74) is 2.21. The zero-order chi connectivity index (χ0) is 7.84. The molecule has 2 nitrogen and oxygen atoms in total. The summed E-state index contributed by atoms with van der Waals surface area (Å²) in [5, 5.41) is 0. The molecule has 0 bridgehead atoms. The van der Waals surface area contributed by atoms with E-state index in [4.69, 9.17) is 0 Å². The van der Waals surface area contributed by atoms with Gasteiger partial charge in [-0.05, 0) is 13.0 Å². The summed E-state index contributed by atoms with van der Waals surface area (Å²) in [6.45, 7) is 1.97. The third-order valence-electron chi connectivity index (χ3n) is 1.69. The maximum Gasteiger partial charge on any atom is 0.156 e. The SMILES string of the molecule is Cc1cc(Br)c2c(n1)N=CC2. The van der Waals surface area contributed by atoms with Crippen molar-refractivity contribution in [2.24, 2.45) is 4.99 Å². The van der Waals surface area contributed by atoms with Gasteiger partial charge in [0, 0.05) is 28.4 Å². The lowest BCUT2D eigenvalue weighted by atomic mass is 10.2. The molecular weight excluding hydrogens is 204 g/mol. The van der Waals surface area contributed by atoms with Gasteiger partial charge in [0.15, 0.2) is 5.82 Å². The molecule has 2 rings (SSSR count). The lowest BCUT2D eigenvalue weighted by Crippen LogP contribution is -1.86. The number of rotatable bonds is 0. The van der Waals surface area contributed by atoms with Gasteiger partial charge in [-0.3, -0.25) is 0 Å². The highest BCUT2D eigenvalue weighted by atomic mass is 79.9. The number of nitrogens with zero attached hydrogens (tertiary/aromatic N) is 2. The molecule has 0 spiro atoms. The summed E-state index contributed by atoms with van der Waals surface area (Å²) in [5.74, 6) is 0.872. The predicted molar refractivity (Wildman–Crippen MR) is 48.5 cm³/mol. The van der Waals surface area contributed by atoms with E-state index in [1.165, 1.54) is 5.56 Å². The Kier molecular flexibility index (Phi) is 1.53. The van der Waals surface area contributed by atoms with Gasteiger partial charge in [0.2, 0.25) is 0 Å². The maximum atomic E-state index is 4.29. The number of hydrogen-bond donors (Lipinski definition) is 0. The maximum absolute atomic E-state index is 4.29. The smallest absolute Gasteiger partial charge is 0.156 e. The van der Waals surface area contributed by atoms with Crippen LogP contribution in [0.1, 0.15) is 11.3 Å². The van der Waals surface area contributed by atoms with Crippen LogP contribution in [0, 0.1) is 6.92 Å². The van der Waals surface area contributed by atoms with Crippen LogP contribution in [-0.2, 0) is 6.42 Å². The fourth-order valence-corrected chi connectivity index (χ4v) is 1.83. The highest BCUT2D eigenvalue weighted by Crippen LogP contribution is 2.29. The second-order valence-corrected chi connectivity index (χ2v) is 3.42. The van der Waals surface area contributed by atoms with E-state index < -0.39 is 0 Å². The van der Waals surface area contributed by atoms with Crippen molar-refractivity contribution in [1.82, 2.24) is 4.98 Å². The molecular formula is C8H7BrN2. The lowest BCUT2D eigenvalue weighted by Gasteiger charge is -2.00. The molecule has 2 heterocycles. The van der Waals surface area contributed by atoms with Crippen molar-refractivity contribution in [1.29, 1.82) is 0 Å². The topological polar surface area (TPSA) is 25.2 Å². The van der Waals surface area contributed by atoms with E-state index in [1.807, 2.05) is 19.2 Å². The van der Waals surface area contributed by atoms with Crippen LogP contribution in [0.5, 0.6) is 0 Å². The van der Waals surface area contributed by atoms with Crippen molar-refractivity contribution in [3.05, 3.63) is 21.8 Å². The molecule has 1 aromatic rings. The van der Waals surface area contributed by atoms with Crippen LogP contribution in [0.25, 0.3) is 0 Å². The molecule has 1 aliphatic rings. The van der Waals surface area contributed by atoms with Crippen LogP contribution >= 0.6 is 15.9 Å². The Morgan fingerprint density at radius 3 is 3.18 bits per heavy atom. The van der Waals surface area contributed by atoms with E-state index in [-0.39, 0.29) is 0 Å². The van der Waals surface area contributed by atoms with Crippen LogP contribution < -0.4 is 0 Å². The van der Waals surface area contributed by atoms with Crippen molar-refractivity contribution in [3.63, 3.8) is 0 Å². The Labute approximate surface area is 73.5 Å². The van der Waals surface area contributed by atoms with Crippen molar-refractivity contribution >= 4 is 28.0 Å². The Morgan fingerprint density at radius 1 is 1.55 bits per heavy atom. The number of hydrogen-bond acceptors (Lipinski definition) is 2. The van der Waals surface area contributed by atoms with Crippen molar-refractivity contribution in [2.45, 2.75) is 13.3 Å². The zero-order valence-corrected chi connectivity index (χ0v) is 7.72. The molecule has 0 unspecified atom stereocenters. The number of aliphatic imine (C=N–C) groups is 1. The van der Waals surface area contributed by atoms with Crippen LogP contribution in [0.15, 0.2) is 15.5 Å². The summed E-state index contributed by atoms with van der Waals surface area (Å²) in [6, 6.07) is 2.02. The Hall–Kier alpha value is -0.700. The molecule has 0 radical (unpaired) electrons. The van der Waals surface area contributed by atoms with Gasteiger partial charge in [-0.1, -0.05) is 15.9 Å². The first-order valence-electron chi connectivity index (χ1n) is 3.46. The molecule has 1 aromatic heterocycles. The van der Waals surface area contributed by atoms with Gasteiger partial charge in [-0.15, -0.1) is 0 Å². The van der Waals surface area contributed by atoms with Gasteiger partial charge in [0.1, 0.15) is 0 Å². The lowest BCUT2D eigenvalue weighted by molar-refractivity contribution is 1.15. The first-order valence-corrected chi connectivity index (χ1v) is 4.25. The number of halogens is 1. The minimum Gasteiger partial charge on any atom is -0.241 e. The van der Waals surface area contributed by atoms with E-state index in [1.54, 1.807) is 0 Å². The minimum atomic E-state index is 0.872. The van der Waals surface area contributed by atoms with Crippen LogP contribution in [0.3, 0.4) is 0 Å². The molecule has 0 atom stereocenters. The summed E-state index contributed by atoms with van der Waals surface area (Å²) < 4.78 is 1.12. The van der Waals surface area contributed by atoms with Gasteiger partial charge in [-0.25, -0.2) is 9.98 Å². The van der Waals surface area contributed by atoms with Crippen LogP contribution in [0.2, 0.25) is 0 Å². The number of aromatic nitrogens is 1. The summed E-state index contributed by atoms with van der Waals surface area (Å²) >= 11 is 3.48. The minimum absolute atomic E-state index is 0.872. The first-order chi connectivity index (χ1) is 5.27. The normalized spacial score (nSPS) is 13.6. The fourth-order valence-electron chi connectivity index (χ4n) is 1.16. The monoisotopic (exact) mass is 210 g/mol. The van der Waals surface area contributed by atoms with E-state index in [0.717, 1.165) is 22.4 Å². The average molecular weight is 211 g/mol. The van der Waals surface area contributed by atoms with Crippen molar-refractivity contribution < 1.29 is 0 Å². The quantitative estimate of drug-likeness (QED) is 0.646. The molecule has 0 N–H and O–H groups in total. The molecule has 1 aliphatic heterocycles. The van der Waals surface area contributed by atoms with E-state index >= 15 is 0 Å². The van der Waals surface area contributed by atoms with Crippen LogP contribution in [-0.4, -0.2) is 11.2 Å². The number of pyridine rings is 1. The van der Waals surface area contributed by atoms with Gasteiger partial charge in [0.25, 0.3) is 0 Å². The third-order valence-corrected chi connectivity index (χ3v) is 2.39. The van der Waals surface area contributed by atoms with Crippen LogP contribution in [0.4, 0.5) is 5.82 Å². The standard InChI is InChI=1S/C8H7BrN2/c1-5-4-7(9)6-2-3-10-8(6)11-5/h3-4H,2H2,1H3. The van der Waals surface area contributed by atoms with Gasteiger partial charge in [-0.2, -0.15) is 0 Å². The van der Waals surface area contributed by atoms with Gasteiger partial charge in [0.05, 0.1) is 0 Å². The van der Waals surface area contributed by atoms with E-state index in [2.05, 4.69) is 25.9 Å². The molecule has 11 heavy (non-hydrogen) atoms. The van der Waals surface area contributed by atoms with E-state index in [0.29, 0.717) is 0 Å². The number of aryl methyl sites for hydroxylation is 1. The second kappa shape index (κ2) is 2.41. The fraction of sp³-hybridized carbons (Fsp3) is 0.250. The highest BCUT2D eigenvalue weighted by molar-refractivity contribution is 9.10. The zero-order valence-electron chi connectivity index (χ0n) is 6.13.